The van der Waals surface area contributed by atoms with E-state index in [-0.39, 0.29) is 9.37 Å². The van der Waals surface area contributed by atoms with Gasteiger partial charge < -0.3 is 9.42 Å². The average molecular weight is 526 g/mol. The summed E-state index contributed by atoms with van der Waals surface area (Å²) in [6.45, 7) is 4.63. The second-order valence-corrected chi connectivity index (χ2v) is 11.2. The molecule has 0 aliphatic carbocycles. The topological polar surface area (TPSA) is 92.7 Å². The van der Waals surface area contributed by atoms with Crippen LogP contribution >= 0.6 is 23.5 Å². The number of sulfonamides is 1. The Kier molecular flexibility index (Phi) is 7.99. The van der Waals surface area contributed by atoms with E-state index in [2.05, 4.69) is 20.7 Å². The summed E-state index contributed by atoms with van der Waals surface area (Å²) < 4.78 is 73.6. The normalized spacial score (nSPS) is 16.6. The van der Waals surface area contributed by atoms with E-state index >= 15 is 0 Å². The highest BCUT2D eigenvalue weighted by molar-refractivity contribution is 9.10. The van der Waals surface area contributed by atoms with Crippen molar-refractivity contribution in [2.45, 2.75) is 49.9 Å². The molecule has 11 heteroatoms. The molecule has 3 unspecified atom stereocenters. The molecule has 2 N–H and O–H groups in total. The summed E-state index contributed by atoms with van der Waals surface area (Å²) in [6.07, 6.45) is -0.531. The Morgan fingerprint density at radius 1 is 1.20 bits per heavy atom. The van der Waals surface area contributed by atoms with Gasteiger partial charge in [-0.1, -0.05) is 53.2 Å². The first kappa shape index (κ1) is 25.1. The van der Waals surface area contributed by atoms with Crippen LogP contribution in [-0.4, -0.2) is 19.4 Å². The maximum absolute atomic E-state index is 14.7. The Morgan fingerprint density at radius 3 is 2.33 bits per heavy atom. The van der Waals surface area contributed by atoms with Crippen LogP contribution in [0.4, 0.5) is 8.78 Å². The quantitative estimate of drug-likeness (QED) is 0.419. The van der Waals surface area contributed by atoms with E-state index in [0.29, 0.717) is 12.0 Å². The van der Waals surface area contributed by atoms with Gasteiger partial charge in [-0.25, -0.2) is 13.1 Å². The molecule has 0 aliphatic rings. The van der Waals surface area contributed by atoms with Crippen LogP contribution in [0, 0.1) is 0 Å². The third-order valence-corrected chi connectivity index (χ3v) is 8.26. The lowest BCUT2D eigenvalue weighted by atomic mass is 10.1. The summed E-state index contributed by atoms with van der Waals surface area (Å²) in [5.74, 6) is 0. The predicted octanol–water partition coefficient (Wildman–Crippen LogP) is 5.54. The third-order valence-electron chi connectivity index (χ3n) is 4.46. The van der Waals surface area contributed by atoms with Gasteiger partial charge in [-0.05, 0) is 44.0 Å². The van der Waals surface area contributed by atoms with E-state index in [4.69, 9.17) is 4.52 Å². The summed E-state index contributed by atoms with van der Waals surface area (Å²) in [6, 6.07) is 10.5. The summed E-state index contributed by atoms with van der Waals surface area (Å²) >= 11 is 3.01. The highest BCUT2D eigenvalue weighted by Gasteiger charge is 2.54. The Morgan fingerprint density at radius 2 is 1.80 bits per heavy atom. The van der Waals surface area contributed by atoms with Crippen LogP contribution in [0.15, 0.2) is 57.9 Å². The van der Waals surface area contributed by atoms with Crippen LogP contribution in [0.5, 0.6) is 0 Å². The minimum Gasteiger partial charge on any atom is -0.320 e. The molecule has 166 valence electrons. The molecule has 0 saturated heterocycles. The van der Waals surface area contributed by atoms with E-state index in [1.54, 1.807) is 32.0 Å². The maximum Gasteiger partial charge on any atom is 0.402 e. The summed E-state index contributed by atoms with van der Waals surface area (Å²) in [5.41, 5.74) is -4.49. The van der Waals surface area contributed by atoms with Gasteiger partial charge in [0.05, 0.1) is 11.0 Å². The fourth-order valence-electron chi connectivity index (χ4n) is 2.55. The Labute approximate surface area is 183 Å². The van der Waals surface area contributed by atoms with Crippen molar-refractivity contribution in [3.63, 3.8) is 0 Å². The zero-order chi connectivity index (χ0) is 22.7. The Hall–Kier alpha value is -1.16. The fourth-order valence-corrected chi connectivity index (χ4v) is 5.87. The van der Waals surface area contributed by atoms with Crippen molar-refractivity contribution < 1.29 is 31.2 Å². The van der Waals surface area contributed by atoms with Crippen molar-refractivity contribution in [1.82, 2.24) is 4.72 Å². The number of hydrogen-bond donors (Lipinski definition) is 2. The van der Waals surface area contributed by atoms with Crippen molar-refractivity contribution in [2.75, 3.05) is 0 Å². The lowest BCUT2D eigenvalue weighted by Crippen LogP contribution is -2.27. The molecule has 0 bridgehead atoms. The number of hydrogen-bond acceptors (Lipinski definition) is 4. The van der Waals surface area contributed by atoms with Crippen molar-refractivity contribution in [1.29, 1.82) is 0 Å². The molecule has 0 amide bonds. The van der Waals surface area contributed by atoms with Gasteiger partial charge in [0.25, 0.3) is 0 Å². The average Bonchev–Trinajstić information content (AvgIpc) is 2.67. The van der Waals surface area contributed by atoms with Crippen LogP contribution in [0.3, 0.4) is 0 Å². The predicted molar refractivity (Wildman–Crippen MR) is 114 cm³/mol. The van der Waals surface area contributed by atoms with E-state index in [1.807, 2.05) is 0 Å². The smallest absolute Gasteiger partial charge is 0.320 e. The lowest BCUT2D eigenvalue weighted by molar-refractivity contribution is 0.0341. The van der Waals surface area contributed by atoms with Gasteiger partial charge >= 0.3 is 13.3 Å². The minimum absolute atomic E-state index is 0.0717. The zero-order valence-electron chi connectivity index (χ0n) is 16.6. The molecule has 0 fully saturated rings. The molecule has 30 heavy (non-hydrogen) atoms. The number of rotatable bonds is 9. The highest BCUT2D eigenvalue weighted by atomic mass is 79.9. The van der Waals surface area contributed by atoms with E-state index < -0.39 is 41.0 Å². The molecular weight excluding hydrogens is 503 g/mol. The monoisotopic (exact) mass is 525 g/mol. The second-order valence-electron chi connectivity index (χ2n) is 6.78. The molecule has 0 saturated carbocycles. The van der Waals surface area contributed by atoms with Crippen LogP contribution in [0.2, 0.25) is 0 Å². The van der Waals surface area contributed by atoms with Crippen molar-refractivity contribution in [2.24, 2.45) is 0 Å². The molecule has 2 rings (SSSR count). The summed E-state index contributed by atoms with van der Waals surface area (Å²) in [5, 5.41) is 0. The standard InChI is InChI=1S/C19H23BrF2NO5PS/c1-4-13(2)28-29(24,25)19(21,22)17-11-10-15(12-18(17)20)14(3)23-30(26,27)16-8-6-5-7-9-16/h5-14,23H,4H2,1-3H3,(H,24,25). The molecule has 0 radical (unpaired) electrons. The van der Waals surface area contributed by atoms with Gasteiger partial charge in [-0.2, -0.15) is 8.78 Å². The van der Waals surface area contributed by atoms with Gasteiger partial charge in [0.2, 0.25) is 10.0 Å². The second kappa shape index (κ2) is 9.54. The summed E-state index contributed by atoms with van der Waals surface area (Å²) in [4.78, 5) is 9.92. The fraction of sp³-hybridized carbons (Fsp3) is 0.368. The van der Waals surface area contributed by atoms with Crippen molar-refractivity contribution in [3.05, 3.63) is 64.1 Å². The van der Waals surface area contributed by atoms with Gasteiger partial charge in [0.1, 0.15) is 0 Å². The van der Waals surface area contributed by atoms with Crippen LogP contribution < -0.4 is 4.72 Å². The molecular formula is C19H23BrF2NO5PS. The maximum atomic E-state index is 14.7. The molecule has 0 spiro atoms. The van der Waals surface area contributed by atoms with E-state index in [0.717, 1.165) is 6.07 Å². The largest absolute Gasteiger partial charge is 0.402 e. The molecule has 0 aliphatic heterocycles. The SMILES string of the molecule is CCC(C)OP(=O)(O)C(F)(F)c1ccc(C(C)NS(=O)(=O)c2ccccc2)cc1Br. The Bertz CT molecular complexity index is 1040. The van der Waals surface area contributed by atoms with E-state index in [9.17, 15) is 26.7 Å². The third kappa shape index (κ3) is 5.55. The van der Waals surface area contributed by atoms with Crippen molar-refractivity contribution in [3.8, 4) is 0 Å². The molecule has 3 atom stereocenters. The number of halogens is 3. The van der Waals surface area contributed by atoms with Gasteiger partial charge in [0.15, 0.2) is 0 Å². The van der Waals surface area contributed by atoms with Gasteiger partial charge in [0, 0.05) is 16.1 Å². The molecule has 0 aromatic heterocycles. The first-order chi connectivity index (χ1) is 13.8. The zero-order valence-corrected chi connectivity index (χ0v) is 19.8. The highest BCUT2D eigenvalue weighted by Crippen LogP contribution is 2.64. The van der Waals surface area contributed by atoms with Crippen LogP contribution in [0.1, 0.15) is 44.4 Å². The number of benzene rings is 2. The van der Waals surface area contributed by atoms with Crippen LogP contribution in [-0.2, 0) is 24.8 Å². The first-order valence-electron chi connectivity index (χ1n) is 9.08. The minimum atomic E-state index is -5.30. The van der Waals surface area contributed by atoms with Gasteiger partial charge in [-0.3, -0.25) is 4.57 Å². The molecule has 6 nitrogen and oxygen atoms in total. The van der Waals surface area contributed by atoms with Crippen molar-refractivity contribution >= 4 is 33.5 Å². The molecule has 0 heterocycles. The molecule has 2 aromatic carbocycles. The van der Waals surface area contributed by atoms with E-state index in [1.165, 1.54) is 31.2 Å². The van der Waals surface area contributed by atoms with Gasteiger partial charge in [-0.15, -0.1) is 0 Å². The van der Waals surface area contributed by atoms with Crippen LogP contribution in [0.25, 0.3) is 0 Å². The lowest BCUT2D eigenvalue weighted by Gasteiger charge is -2.26. The first-order valence-corrected chi connectivity index (χ1v) is 12.9. The summed E-state index contributed by atoms with van der Waals surface area (Å²) in [7, 11) is -9.12. The Balaban J connectivity index is 2.29. The number of alkyl halides is 2. The number of nitrogens with one attached hydrogen (secondary N) is 1. The molecule has 2 aromatic rings.